The van der Waals surface area contributed by atoms with Crippen molar-refractivity contribution < 1.29 is 19.4 Å². The van der Waals surface area contributed by atoms with Crippen molar-refractivity contribution in [2.75, 3.05) is 20.2 Å². The van der Waals surface area contributed by atoms with Crippen molar-refractivity contribution in [3.63, 3.8) is 0 Å². The number of para-hydroxylation sites is 1. The maximum Gasteiger partial charge on any atom is 0.303 e. The molecule has 5 heteroatoms. The van der Waals surface area contributed by atoms with Crippen molar-refractivity contribution in [2.45, 2.75) is 25.7 Å². The molecule has 0 aromatic heterocycles. The fourth-order valence-corrected chi connectivity index (χ4v) is 2.90. The van der Waals surface area contributed by atoms with Crippen LogP contribution in [0, 0.1) is 5.92 Å². The minimum absolute atomic E-state index is 0.0315. The van der Waals surface area contributed by atoms with E-state index in [0.717, 1.165) is 30.7 Å². The summed E-state index contributed by atoms with van der Waals surface area (Å²) in [6.07, 6.45) is 6.06. The molecule has 1 amide bonds. The predicted molar refractivity (Wildman–Crippen MR) is 88.2 cm³/mol. The molecule has 1 aliphatic rings. The molecular formula is C18H23NO4. The van der Waals surface area contributed by atoms with E-state index in [1.807, 2.05) is 29.2 Å². The third-order valence-electron chi connectivity index (χ3n) is 4.14. The average Bonchev–Trinajstić information content (AvgIpc) is 2.58. The van der Waals surface area contributed by atoms with Crippen molar-refractivity contribution in [1.29, 1.82) is 0 Å². The maximum absolute atomic E-state index is 12.3. The molecule has 23 heavy (non-hydrogen) atoms. The second kappa shape index (κ2) is 8.36. The number of carboxylic acid groups (broad SMARTS) is 1. The Morgan fingerprint density at radius 2 is 2.17 bits per heavy atom. The third kappa shape index (κ3) is 5.13. The highest BCUT2D eigenvalue weighted by molar-refractivity contribution is 5.92. The molecule has 124 valence electrons. The molecule has 1 unspecified atom stereocenters. The van der Waals surface area contributed by atoms with Gasteiger partial charge in [-0.05, 0) is 37.3 Å². The number of carbonyl (C=O) groups is 2. The maximum atomic E-state index is 12.3. The summed E-state index contributed by atoms with van der Waals surface area (Å²) in [6, 6.07) is 7.53. The first kappa shape index (κ1) is 17.1. The molecule has 1 N–H and O–H groups in total. The van der Waals surface area contributed by atoms with Crippen LogP contribution >= 0.6 is 0 Å². The van der Waals surface area contributed by atoms with Crippen LogP contribution in [0.5, 0.6) is 5.75 Å². The number of carboxylic acids is 1. The van der Waals surface area contributed by atoms with Crippen LogP contribution < -0.4 is 4.74 Å². The van der Waals surface area contributed by atoms with Gasteiger partial charge in [0.2, 0.25) is 5.91 Å². The molecular weight excluding hydrogens is 294 g/mol. The molecule has 5 nitrogen and oxygen atoms in total. The van der Waals surface area contributed by atoms with E-state index in [1.54, 1.807) is 19.3 Å². The fraction of sp³-hybridized carbons (Fsp3) is 0.444. The first-order valence-electron chi connectivity index (χ1n) is 7.92. The van der Waals surface area contributed by atoms with E-state index >= 15 is 0 Å². The number of benzene rings is 1. The van der Waals surface area contributed by atoms with E-state index < -0.39 is 5.97 Å². The topological polar surface area (TPSA) is 66.8 Å². The Morgan fingerprint density at radius 1 is 1.39 bits per heavy atom. The van der Waals surface area contributed by atoms with Crippen molar-refractivity contribution >= 4 is 18.0 Å². The van der Waals surface area contributed by atoms with E-state index in [2.05, 4.69) is 0 Å². The van der Waals surface area contributed by atoms with Gasteiger partial charge in [0.15, 0.2) is 0 Å². The predicted octanol–water partition coefficient (Wildman–Crippen LogP) is 2.81. The van der Waals surface area contributed by atoms with Crippen molar-refractivity contribution in [3.8, 4) is 5.75 Å². The Morgan fingerprint density at radius 3 is 2.91 bits per heavy atom. The number of likely N-dealkylation sites (tertiary alicyclic amines) is 1. The van der Waals surface area contributed by atoms with Gasteiger partial charge in [0.05, 0.1) is 7.11 Å². The van der Waals surface area contributed by atoms with Crippen LogP contribution in [0.1, 0.15) is 31.2 Å². The lowest BCUT2D eigenvalue weighted by Gasteiger charge is -2.32. The minimum Gasteiger partial charge on any atom is -0.496 e. The van der Waals surface area contributed by atoms with Gasteiger partial charge in [-0.1, -0.05) is 18.2 Å². The smallest absolute Gasteiger partial charge is 0.303 e. The highest BCUT2D eigenvalue weighted by atomic mass is 16.5. The number of amides is 1. The SMILES string of the molecule is COc1ccccc1/C=C/C(=O)N1CCCC(CCC(=O)O)C1. The third-order valence-corrected chi connectivity index (χ3v) is 4.14. The number of nitrogens with zero attached hydrogens (tertiary/aromatic N) is 1. The molecule has 1 atom stereocenters. The van der Waals surface area contributed by atoms with Gasteiger partial charge in [0.25, 0.3) is 0 Å². The van der Waals surface area contributed by atoms with Crippen LogP contribution in [0.2, 0.25) is 0 Å². The molecule has 1 aliphatic heterocycles. The van der Waals surface area contributed by atoms with Gasteiger partial charge in [-0.2, -0.15) is 0 Å². The number of hydrogen-bond donors (Lipinski definition) is 1. The molecule has 1 saturated heterocycles. The Bertz CT molecular complexity index is 582. The summed E-state index contributed by atoms with van der Waals surface area (Å²) in [6.45, 7) is 1.38. The van der Waals surface area contributed by atoms with Crippen LogP contribution in [0.3, 0.4) is 0 Å². The summed E-state index contributed by atoms with van der Waals surface area (Å²) in [5.74, 6) is 0.207. The van der Waals surface area contributed by atoms with Crippen molar-refractivity contribution in [1.82, 2.24) is 4.90 Å². The fourth-order valence-electron chi connectivity index (χ4n) is 2.90. The number of ether oxygens (including phenoxy) is 1. The number of methoxy groups -OCH3 is 1. The van der Waals surface area contributed by atoms with Crippen LogP contribution in [0.15, 0.2) is 30.3 Å². The van der Waals surface area contributed by atoms with E-state index in [0.29, 0.717) is 13.0 Å². The normalized spacial score (nSPS) is 18.1. The number of carbonyl (C=O) groups excluding carboxylic acids is 1. The Hall–Kier alpha value is -2.30. The van der Waals surface area contributed by atoms with Gasteiger partial charge < -0.3 is 14.7 Å². The van der Waals surface area contributed by atoms with Gasteiger partial charge in [-0.15, -0.1) is 0 Å². The Kier molecular flexibility index (Phi) is 6.20. The molecule has 1 aromatic carbocycles. The van der Waals surface area contributed by atoms with Crippen molar-refractivity contribution in [2.24, 2.45) is 5.92 Å². The lowest BCUT2D eigenvalue weighted by molar-refractivity contribution is -0.137. The summed E-state index contributed by atoms with van der Waals surface area (Å²) in [5.41, 5.74) is 0.864. The molecule has 1 aromatic rings. The van der Waals surface area contributed by atoms with Crippen LogP contribution in [-0.2, 0) is 9.59 Å². The van der Waals surface area contributed by atoms with Gasteiger partial charge >= 0.3 is 5.97 Å². The highest BCUT2D eigenvalue weighted by Crippen LogP contribution is 2.22. The zero-order chi connectivity index (χ0) is 16.7. The molecule has 0 radical (unpaired) electrons. The van der Waals surface area contributed by atoms with Crippen LogP contribution in [-0.4, -0.2) is 42.1 Å². The zero-order valence-corrected chi connectivity index (χ0v) is 13.4. The lowest BCUT2D eigenvalue weighted by atomic mass is 9.93. The number of hydrogen-bond acceptors (Lipinski definition) is 3. The van der Waals surface area contributed by atoms with E-state index in [4.69, 9.17) is 9.84 Å². The largest absolute Gasteiger partial charge is 0.496 e. The van der Waals surface area contributed by atoms with E-state index in [-0.39, 0.29) is 18.2 Å². The first-order chi connectivity index (χ1) is 11.1. The zero-order valence-electron chi connectivity index (χ0n) is 13.4. The Labute approximate surface area is 136 Å². The van der Waals surface area contributed by atoms with Crippen LogP contribution in [0.25, 0.3) is 6.08 Å². The van der Waals surface area contributed by atoms with E-state index in [9.17, 15) is 9.59 Å². The molecule has 0 bridgehead atoms. The van der Waals surface area contributed by atoms with Gasteiger partial charge in [0, 0.05) is 31.1 Å². The molecule has 1 heterocycles. The second-order valence-corrected chi connectivity index (χ2v) is 5.80. The summed E-state index contributed by atoms with van der Waals surface area (Å²) < 4.78 is 5.26. The van der Waals surface area contributed by atoms with E-state index in [1.165, 1.54) is 0 Å². The molecule has 0 saturated carbocycles. The number of aliphatic carboxylic acids is 1. The summed E-state index contributed by atoms with van der Waals surface area (Å²) in [5, 5.41) is 8.78. The molecule has 0 spiro atoms. The lowest BCUT2D eigenvalue weighted by Crippen LogP contribution is -2.39. The number of piperidine rings is 1. The Balaban J connectivity index is 1.94. The van der Waals surface area contributed by atoms with Gasteiger partial charge in [0.1, 0.15) is 5.75 Å². The quantitative estimate of drug-likeness (QED) is 0.819. The van der Waals surface area contributed by atoms with Gasteiger partial charge in [-0.3, -0.25) is 9.59 Å². The van der Waals surface area contributed by atoms with Gasteiger partial charge in [-0.25, -0.2) is 0 Å². The summed E-state index contributed by atoms with van der Waals surface area (Å²) in [4.78, 5) is 24.8. The number of rotatable bonds is 6. The minimum atomic E-state index is -0.774. The van der Waals surface area contributed by atoms with Crippen molar-refractivity contribution in [3.05, 3.63) is 35.9 Å². The summed E-state index contributed by atoms with van der Waals surface area (Å²) in [7, 11) is 1.60. The molecule has 0 aliphatic carbocycles. The average molecular weight is 317 g/mol. The summed E-state index contributed by atoms with van der Waals surface area (Å²) >= 11 is 0. The first-order valence-corrected chi connectivity index (χ1v) is 7.92. The second-order valence-electron chi connectivity index (χ2n) is 5.80. The standard InChI is InChI=1S/C18H23NO4/c1-23-16-7-3-2-6-15(16)9-10-17(20)19-12-4-5-14(13-19)8-11-18(21)22/h2-3,6-7,9-10,14H,4-5,8,11-13H2,1H3,(H,21,22)/b10-9+. The highest BCUT2D eigenvalue weighted by Gasteiger charge is 2.22. The molecule has 2 rings (SSSR count). The monoisotopic (exact) mass is 317 g/mol. The molecule has 1 fully saturated rings. The van der Waals surface area contributed by atoms with Crippen LogP contribution in [0.4, 0.5) is 0 Å².